The minimum absolute atomic E-state index is 0.208. The Bertz CT molecular complexity index is 459. The van der Waals surface area contributed by atoms with Gasteiger partial charge < -0.3 is 10.6 Å². The van der Waals surface area contributed by atoms with Gasteiger partial charge in [0.25, 0.3) is 0 Å². The summed E-state index contributed by atoms with van der Waals surface area (Å²) in [5.41, 5.74) is 7.27. The number of hydrogen-bond acceptors (Lipinski definition) is 2. The van der Waals surface area contributed by atoms with Crippen LogP contribution in [0, 0.1) is 5.92 Å². The molecule has 4 unspecified atom stereocenters. The Hall–Kier alpha value is -1.35. The van der Waals surface area contributed by atoms with Crippen LogP contribution >= 0.6 is 0 Å². The van der Waals surface area contributed by atoms with Crippen LogP contribution in [0.25, 0.3) is 0 Å². The third-order valence-electron chi connectivity index (χ3n) is 4.54. The summed E-state index contributed by atoms with van der Waals surface area (Å²) in [6, 6.07) is 11.0. The van der Waals surface area contributed by atoms with Crippen molar-refractivity contribution in [3.63, 3.8) is 0 Å². The Morgan fingerprint density at radius 2 is 2.00 bits per heavy atom. The van der Waals surface area contributed by atoms with Gasteiger partial charge in [0.15, 0.2) is 0 Å². The van der Waals surface area contributed by atoms with Crippen molar-refractivity contribution < 1.29 is 4.79 Å². The van der Waals surface area contributed by atoms with Crippen molar-refractivity contribution >= 4 is 5.91 Å². The van der Waals surface area contributed by atoms with Crippen molar-refractivity contribution in [2.45, 2.75) is 44.2 Å². The summed E-state index contributed by atoms with van der Waals surface area (Å²) in [6.45, 7) is 2.95. The lowest BCUT2D eigenvalue weighted by molar-refractivity contribution is -0.136. The first-order valence-corrected chi connectivity index (χ1v) is 7.28. The van der Waals surface area contributed by atoms with Gasteiger partial charge in [-0.1, -0.05) is 30.3 Å². The smallest absolute Gasteiger partial charge is 0.226 e. The van der Waals surface area contributed by atoms with Crippen molar-refractivity contribution in [3.05, 3.63) is 35.9 Å². The van der Waals surface area contributed by atoms with Gasteiger partial charge in [0.1, 0.15) is 0 Å². The second-order valence-corrected chi connectivity index (χ2v) is 6.02. The average Bonchev–Trinajstić information content (AvgIpc) is 3.19. The second-order valence-electron chi connectivity index (χ2n) is 6.02. The highest BCUT2D eigenvalue weighted by atomic mass is 16.2. The standard InChI is InChI=1S/C16H22N2O/c1-11-9-13(17)7-8-18(11)16(19)15-10-14(15)12-5-3-2-4-6-12/h2-6,11,13-15H,7-10,17H2,1H3. The summed E-state index contributed by atoms with van der Waals surface area (Å²) in [5.74, 6) is 0.990. The van der Waals surface area contributed by atoms with E-state index in [0.29, 0.717) is 17.9 Å². The van der Waals surface area contributed by atoms with Crippen LogP contribution in [0.4, 0.5) is 0 Å². The van der Waals surface area contributed by atoms with Crippen LogP contribution in [0.5, 0.6) is 0 Å². The van der Waals surface area contributed by atoms with Crippen LogP contribution in [-0.4, -0.2) is 29.4 Å². The van der Waals surface area contributed by atoms with Crippen LogP contribution in [0.1, 0.15) is 37.7 Å². The maximum absolute atomic E-state index is 12.5. The minimum atomic E-state index is 0.208. The molecule has 3 heteroatoms. The molecular weight excluding hydrogens is 236 g/mol. The highest BCUT2D eigenvalue weighted by Gasteiger charge is 2.46. The summed E-state index contributed by atoms with van der Waals surface area (Å²) in [7, 11) is 0. The Labute approximate surface area is 114 Å². The minimum Gasteiger partial charge on any atom is -0.340 e. The van der Waals surface area contributed by atoms with E-state index in [1.54, 1.807) is 0 Å². The lowest BCUT2D eigenvalue weighted by atomic mass is 9.98. The van der Waals surface area contributed by atoms with Gasteiger partial charge in [0.05, 0.1) is 0 Å². The summed E-state index contributed by atoms with van der Waals surface area (Å²) in [5, 5.41) is 0. The molecule has 1 saturated heterocycles. The Kier molecular flexibility index (Phi) is 3.31. The Morgan fingerprint density at radius 3 is 2.68 bits per heavy atom. The van der Waals surface area contributed by atoms with Crippen LogP contribution in [-0.2, 0) is 4.79 Å². The molecule has 1 saturated carbocycles. The van der Waals surface area contributed by atoms with E-state index in [4.69, 9.17) is 5.73 Å². The van der Waals surface area contributed by atoms with Gasteiger partial charge in [-0.05, 0) is 37.7 Å². The Morgan fingerprint density at radius 1 is 1.26 bits per heavy atom. The molecular formula is C16H22N2O. The fraction of sp³-hybridized carbons (Fsp3) is 0.562. The first kappa shape index (κ1) is 12.7. The zero-order chi connectivity index (χ0) is 13.4. The Balaban J connectivity index is 1.64. The molecule has 3 nitrogen and oxygen atoms in total. The molecule has 4 atom stereocenters. The first-order valence-electron chi connectivity index (χ1n) is 7.28. The maximum Gasteiger partial charge on any atom is 0.226 e. The fourth-order valence-electron chi connectivity index (χ4n) is 3.29. The van der Waals surface area contributed by atoms with Gasteiger partial charge in [0.2, 0.25) is 5.91 Å². The molecule has 1 aliphatic carbocycles. The quantitative estimate of drug-likeness (QED) is 0.883. The van der Waals surface area contributed by atoms with E-state index in [2.05, 4.69) is 36.1 Å². The highest BCUT2D eigenvalue weighted by molar-refractivity contribution is 5.83. The van der Waals surface area contributed by atoms with E-state index in [1.165, 1.54) is 5.56 Å². The molecule has 1 amide bonds. The number of amides is 1. The van der Waals surface area contributed by atoms with Crippen molar-refractivity contribution in [1.29, 1.82) is 0 Å². The zero-order valence-corrected chi connectivity index (χ0v) is 11.5. The maximum atomic E-state index is 12.5. The summed E-state index contributed by atoms with van der Waals surface area (Å²) in [6.07, 6.45) is 2.89. The van der Waals surface area contributed by atoms with Crippen molar-refractivity contribution in [2.24, 2.45) is 11.7 Å². The van der Waals surface area contributed by atoms with Gasteiger partial charge in [-0.25, -0.2) is 0 Å². The zero-order valence-electron chi connectivity index (χ0n) is 11.5. The monoisotopic (exact) mass is 258 g/mol. The lowest BCUT2D eigenvalue weighted by Crippen LogP contribution is -2.49. The number of nitrogens with zero attached hydrogens (tertiary/aromatic N) is 1. The van der Waals surface area contributed by atoms with E-state index in [-0.39, 0.29) is 12.0 Å². The molecule has 1 aliphatic heterocycles. The van der Waals surface area contributed by atoms with Gasteiger partial charge in [-0.15, -0.1) is 0 Å². The predicted octanol–water partition coefficient (Wildman–Crippen LogP) is 2.13. The number of nitrogens with two attached hydrogens (primary N) is 1. The summed E-state index contributed by atoms with van der Waals surface area (Å²) >= 11 is 0. The van der Waals surface area contributed by atoms with Gasteiger partial charge >= 0.3 is 0 Å². The topological polar surface area (TPSA) is 46.3 Å². The molecule has 3 rings (SSSR count). The number of rotatable bonds is 2. The molecule has 2 fully saturated rings. The number of piperidine rings is 1. The first-order chi connectivity index (χ1) is 9.16. The molecule has 0 aromatic heterocycles. The molecule has 0 bridgehead atoms. The van der Waals surface area contributed by atoms with Crippen LogP contribution < -0.4 is 5.73 Å². The molecule has 1 heterocycles. The van der Waals surface area contributed by atoms with Gasteiger partial charge in [-0.2, -0.15) is 0 Å². The number of benzene rings is 1. The molecule has 0 spiro atoms. The van der Waals surface area contributed by atoms with Crippen molar-refractivity contribution in [1.82, 2.24) is 4.90 Å². The summed E-state index contributed by atoms with van der Waals surface area (Å²) < 4.78 is 0. The third kappa shape index (κ3) is 2.52. The molecule has 2 N–H and O–H groups in total. The van der Waals surface area contributed by atoms with Crippen molar-refractivity contribution in [3.8, 4) is 0 Å². The van der Waals surface area contributed by atoms with Gasteiger partial charge in [0, 0.05) is 24.5 Å². The van der Waals surface area contributed by atoms with Crippen LogP contribution in [0.2, 0.25) is 0 Å². The number of carbonyl (C=O) groups excluding carboxylic acids is 1. The normalized spacial score (nSPS) is 34.1. The highest BCUT2D eigenvalue weighted by Crippen LogP contribution is 2.48. The average molecular weight is 258 g/mol. The van der Waals surface area contributed by atoms with E-state index in [0.717, 1.165) is 25.8 Å². The third-order valence-corrected chi connectivity index (χ3v) is 4.54. The van der Waals surface area contributed by atoms with Crippen molar-refractivity contribution in [2.75, 3.05) is 6.54 Å². The molecule has 1 aromatic rings. The SMILES string of the molecule is CC1CC(N)CCN1C(=O)C1CC1c1ccccc1. The molecule has 102 valence electrons. The molecule has 2 aliphatic rings. The summed E-state index contributed by atoms with van der Waals surface area (Å²) in [4.78, 5) is 14.6. The predicted molar refractivity (Wildman–Crippen MR) is 75.7 cm³/mol. The number of carbonyl (C=O) groups is 1. The van der Waals surface area contributed by atoms with E-state index in [1.807, 2.05) is 6.07 Å². The van der Waals surface area contributed by atoms with E-state index in [9.17, 15) is 4.79 Å². The fourth-order valence-corrected chi connectivity index (χ4v) is 3.29. The lowest BCUT2D eigenvalue weighted by Gasteiger charge is -2.36. The number of hydrogen-bond donors (Lipinski definition) is 1. The molecule has 19 heavy (non-hydrogen) atoms. The molecule has 1 aromatic carbocycles. The van der Waals surface area contributed by atoms with E-state index >= 15 is 0 Å². The second kappa shape index (κ2) is 4.97. The van der Waals surface area contributed by atoms with E-state index < -0.39 is 0 Å². The molecule has 0 radical (unpaired) electrons. The largest absolute Gasteiger partial charge is 0.340 e. The van der Waals surface area contributed by atoms with Crippen LogP contribution in [0.15, 0.2) is 30.3 Å². The number of likely N-dealkylation sites (tertiary alicyclic amines) is 1. The van der Waals surface area contributed by atoms with Gasteiger partial charge in [-0.3, -0.25) is 4.79 Å². The van der Waals surface area contributed by atoms with Crippen LogP contribution in [0.3, 0.4) is 0 Å².